The molecule has 2 heteroatoms. The zero-order valence-corrected chi connectivity index (χ0v) is 34.7. The second kappa shape index (κ2) is 13.1. The molecule has 5 aliphatic carbocycles. The Morgan fingerprint density at radius 2 is 0.887 bits per heavy atom. The Balaban J connectivity index is 1.04. The molecular formula is C60H46N2. The van der Waals surface area contributed by atoms with Crippen molar-refractivity contribution in [2.24, 2.45) is 23.7 Å². The molecule has 4 saturated carbocycles. The van der Waals surface area contributed by atoms with E-state index >= 15 is 0 Å². The number of nitrogens with zero attached hydrogens (tertiary/aromatic N) is 2. The van der Waals surface area contributed by atoms with Crippen LogP contribution in [0.5, 0.6) is 0 Å². The van der Waals surface area contributed by atoms with E-state index in [1.807, 2.05) is 0 Å². The molecule has 1 spiro atoms. The molecule has 15 rings (SSSR count). The molecule has 4 bridgehead atoms. The molecule has 0 unspecified atom stereocenters. The van der Waals surface area contributed by atoms with E-state index in [1.165, 1.54) is 109 Å². The highest BCUT2D eigenvalue weighted by atomic mass is 15.2. The van der Waals surface area contributed by atoms with Gasteiger partial charge >= 0.3 is 0 Å². The minimum atomic E-state index is 0.0901. The number of rotatable bonds is 6. The molecule has 0 N–H and O–H groups in total. The van der Waals surface area contributed by atoms with Crippen molar-refractivity contribution < 1.29 is 0 Å². The van der Waals surface area contributed by atoms with Gasteiger partial charge in [0, 0.05) is 38.8 Å². The lowest BCUT2D eigenvalue weighted by molar-refractivity contribution is -0.0399. The lowest BCUT2D eigenvalue weighted by Gasteiger charge is -2.61. The highest BCUT2D eigenvalue weighted by Gasteiger charge is 2.61. The molecular weight excluding hydrogens is 749 g/mol. The third kappa shape index (κ3) is 4.76. The number of fused-ring (bicyclic) bond motifs is 4. The van der Waals surface area contributed by atoms with Crippen molar-refractivity contribution in [2.45, 2.75) is 37.5 Å². The monoisotopic (exact) mass is 794 g/mol. The summed E-state index contributed by atoms with van der Waals surface area (Å²) in [6.07, 6.45) is 6.97. The fourth-order valence-electron chi connectivity index (χ4n) is 13.8. The average Bonchev–Trinajstić information content (AvgIpc) is 3.62. The molecule has 0 aromatic heterocycles. The Morgan fingerprint density at radius 3 is 1.55 bits per heavy atom. The Hall–Kier alpha value is -6.90. The topological polar surface area (TPSA) is 6.48 Å². The standard InChI is InChI=1S/C60H46N2/c1-3-14-46(15-4-1)61(47-16-5-2-6-17-47)54-30-25-41-24-29-51-55(31-26-42-23-28-50(54)57(41)58(42)51)62(48-27-22-40-12-7-8-13-43(40)37-48)56-21-11-20-53-59(56)49-18-9-10-19-52(49)60(53)44-33-38-32-39(35-44)36-45(60)34-38/h1-31,37-39,44-45H,32-36H2. The third-order valence-electron chi connectivity index (χ3n) is 15.9. The molecule has 10 aromatic rings. The van der Waals surface area contributed by atoms with Crippen LogP contribution in [0.1, 0.15) is 43.2 Å². The molecule has 0 atom stereocenters. The van der Waals surface area contributed by atoms with Gasteiger partial charge in [0.15, 0.2) is 0 Å². The maximum Gasteiger partial charge on any atom is 0.0543 e. The first-order chi connectivity index (χ1) is 30.7. The number of hydrogen-bond acceptors (Lipinski definition) is 2. The number of benzene rings is 10. The normalized spacial score (nSPS) is 21.9. The molecule has 0 saturated heterocycles. The van der Waals surface area contributed by atoms with Crippen molar-refractivity contribution in [2.75, 3.05) is 9.80 Å². The van der Waals surface area contributed by atoms with Crippen molar-refractivity contribution in [3.05, 3.63) is 205 Å². The van der Waals surface area contributed by atoms with Crippen LogP contribution in [0.25, 0.3) is 54.2 Å². The summed E-state index contributed by atoms with van der Waals surface area (Å²) < 4.78 is 0. The highest BCUT2D eigenvalue weighted by Crippen LogP contribution is 2.70. The lowest BCUT2D eigenvalue weighted by atomic mass is 9.43. The zero-order chi connectivity index (χ0) is 40.5. The van der Waals surface area contributed by atoms with Gasteiger partial charge in [0.25, 0.3) is 0 Å². The Kier molecular flexibility index (Phi) is 7.32. The highest BCUT2D eigenvalue weighted by molar-refractivity contribution is 6.28. The largest absolute Gasteiger partial charge is 0.310 e. The quantitative estimate of drug-likeness (QED) is 0.155. The Bertz CT molecular complexity index is 3320. The van der Waals surface area contributed by atoms with Crippen molar-refractivity contribution in [3.8, 4) is 11.1 Å². The fourth-order valence-corrected chi connectivity index (χ4v) is 13.8. The second-order valence-corrected chi connectivity index (χ2v) is 18.9. The summed E-state index contributed by atoms with van der Waals surface area (Å²) in [7, 11) is 0. The van der Waals surface area contributed by atoms with Crippen LogP contribution in [0.4, 0.5) is 34.1 Å². The summed E-state index contributed by atoms with van der Waals surface area (Å²) in [5.74, 6) is 3.23. The van der Waals surface area contributed by atoms with Gasteiger partial charge in [-0.1, -0.05) is 140 Å². The molecule has 0 amide bonds. The smallest absolute Gasteiger partial charge is 0.0543 e. The van der Waals surface area contributed by atoms with E-state index in [0.29, 0.717) is 11.8 Å². The van der Waals surface area contributed by atoms with Crippen molar-refractivity contribution in [1.29, 1.82) is 0 Å². The van der Waals surface area contributed by atoms with Crippen LogP contribution in [0.15, 0.2) is 194 Å². The predicted octanol–water partition coefficient (Wildman–Crippen LogP) is 16.4. The molecule has 0 heterocycles. The van der Waals surface area contributed by atoms with Gasteiger partial charge in [-0.25, -0.2) is 0 Å². The van der Waals surface area contributed by atoms with Gasteiger partial charge < -0.3 is 9.80 Å². The van der Waals surface area contributed by atoms with Gasteiger partial charge in [-0.3, -0.25) is 0 Å². The summed E-state index contributed by atoms with van der Waals surface area (Å²) in [5.41, 5.74) is 13.3. The van der Waals surface area contributed by atoms with E-state index in [2.05, 4.69) is 204 Å². The molecule has 5 aliphatic rings. The van der Waals surface area contributed by atoms with Crippen LogP contribution >= 0.6 is 0 Å². The van der Waals surface area contributed by atoms with Crippen LogP contribution in [-0.2, 0) is 5.41 Å². The van der Waals surface area contributed by atoms with E-state index in [4.69, 9.17) is 0 Å². The zero-order valence-electron chi connectivity index (χ0n) is 34.7. The molecule has 2 nitrogen and oxygen atoms in total. The van der Waals surface area contributed by atoms with E-state index in [0.717, 1.165) is 23.2 Å². The molecule has 0 radical (unpaired) electrons. The van der Waals surface area contributed by atoms with Gasteiger partial charge in [-0.15, -0.1) is 0 Å². The van der Waals surface area contributed by atoms with Crippen molar-refractivity contribution >= 4 is 77.2 Å². The van der Waals surface area contributed by atoms with Crippen LogP contribution in [0, 0.1) is 23.7 Å². The average molecular weight is 795 g/mol. The summed E-state index contributed by atoms with van der Waals surface area (Å²) in [6, 6.07) is 73.3. The van der Waals surface area contributed by atoms with Crippen LogP contribution in [0.2, 0.25) is 0 Å². The first kappa shape index (κ1) is 34.8. The fraction of sp³-hybridized carbons (Fsp3) is 0.167. The summed E-state index contributed by atoms with van der Waals surface area (Å²) in [5, 5.41) is 10.2. The molecule has 62 heavy (non-hydrogen) atoms. The minimum Gasteiger partial charge on any atom is -0.310 e. The third-order valence-corrected chi connectivity index (χ3v) is 15.9. The molecule has 296 valence electrons. The number of para-hydroxylation sites is 2. The second-order valence-electron chi connectivity index (χ2n) is 18.9. The Morgan fingerprint density at radius 1 is 0.355 bits per heavy atom. The van der Waals surface area contributed by atoms with Crippen LogP contribution in [-0.4, -0.2) is 0 Å². The van der Waals surface area contributed by atoms with E-state index in [9.17, 15) is 0 Å². The Labute approximate surface area is 363 Å². The van der Waals surface area contributed by atoms with E-state index < -0.39 is 0 Å². The number of hydrogen-bond donors (Lipinski definition) is 0. The SMILES string of the molecule is c1ccc(N(c2ccccc2)c2ccc3ccc4c(N(c5ccc6ccccc6c5)c5cccc6c5-c5ccccc5C65C6CC7CC(C6)CC5C7)ccc5ccc2c3c54)cc1. The van der Waals surface area contributed by atoms with Crippen molar-refractivity contribution in [3.63, 3.8) is 0 Å². The van der Waals surface area contributed by atoms with E-state index in [-0.39, 0.29) is 5.41 Å². The van der Waals surface area contributed by atoms with E-state index in [1.54, 1.807) is 11.1 Å². The van der Waals surface area contributed by atoms with Crippen LogP contribution < -0.4 is 9.80 Å². The van der Waals surface area contributed by atoms with Gasteiger partial charge in [0.1, 0.15) is 0 Å². The van der Waals surface area contributed by atoms with Crippen molar-refractivity contribution in [1.82, 2.24) is 0 Å². The predicted molar refractivity (Wildman–Crippen MR) is 260 cm³/mol. The summed E-state index contributed by atoms with van der Waals surface area (Å²) in [6.45, 7) is 0. The van der Waals surface area contributed by atoms with Gasteiger partial charge in [-0.05, 0) is 159 Å². The minimum absolute atomic E-state index is 0.0901. The lowest BCUT2D eigenvalue weighted by Crippen LogP contribution is -2.55. The maximum atomic E-state index is 2.63. The number of anilines is 6. The first-order valence-electron chi connectivity index (χ1n) is 22.9. The van der Waals surface area contributed by atoms with Crippen LogP contribution in [0.3, 0.4) is 0 Å². The van der Waals surface area contributed by atoms with Gasteiger partial charge in [0.2, 0.25) is 0 Å². The molecule has 10 aromatic carbocycles. The first-order valence-corrected chi connectivity index (χ1v) is 22.9. The van der Waals surface area contributed by atoms with Gasteiger partial charge in [-0.2, -0.15) is 0 Å². The molecule has 4 fully saturated rings. The molecule has 0 aliphatic heterocycles. The summed E-state index contributed by atoms with van der Waals surface area (Å²) in [4.78, 5) is 5.04. The summed E-state index contributed by atoms with van der Waals surface area (Å²) >= 11 is 0. The maximum absolute atomic E-state index is 2.63. The van der Waals surface area contributed by atoms with Gasteiger partial charge in [0.05, 0.1) is 17.1 Å².